The number of imidazole rings is 1. The summed E-state index contributed by atoms with van der Waals surface area (Å²) < 4.78 is 19.7. The number of hydrogen-bond donors (Lipinski definition) is 2. The van der Waals surface area contributed by atoms with Crippen LogP contribution in [-0.2, 0) is 11.4 Å². The van der Waals surface area contributed by atoms with Crippen LogP contribution in [0.5, 0.6) is 5.75 Å². The number of thioether (sulfide) groups is 1. The fourth-order valence-electron chi connectivity index (χ4n) is 2.88. The van der Waals surface area contributed by atoms with Gasteiger partial charge < -0.3 is 9.72 Å². The molecule has 0 spiro atoms. The van der Waals surface area contributed by atoms with E-state index < -0.39 is 5.82 Å². The predicted molar refractivity (Wildman–Crippen MR) is 125 cm³/mol. The molecular weight excluding hydrogens is 451 g/mol. The van der Waals surface area contributed by atoms with Gasteiger partial charge in [0.05, 0.1) is 28.0 Å². The van der Waals surface area contributed by atoms with Gasteiger partial charge in [-0.2, -0.15) is 5.10 Å². The normalized spacial score (nSPS) is 11.2. The summed E-state index contributed by atoms with van der Waals surface area (Å²) >= 11 is 7.34. The van der Waals surface area contributed by atoms with Crippen molar-refractivity contribution in [1.29, 1.82) is 0 Å². The maximum Gasteiger partial charge on any atom is 0.250 e. The van der Waals surface area contributed by atoms with E-state index in [1.165, 1.54) is 30.1 Å². The summed E-state index contributed by atoms with van der Waals surface area (Å²) in [7, 11) is 0. The first-order chi connectivity index (χ1) is 15.6. The van der Waals surface area contributed by atoms with Crippen LogP contribution in [0, 0.1) is 5.82 Å². The molecule has 1 heterocycles. The molecule has 0 atom stereocenters. The molecule has 0 radical (unpaired) electrons. The monoisotopic (exact) mass is 468 g/mol. The molecule has 2 N–H and O–H groups in total. The Hall–Kier alpha value is -3.36. The Labute approximate surface area is 192 Å². The molecule has 0 bridgehead atoms. The standard InChI is InChI=1S/C23H18ClFN4O2S/c24-17-7-5-8-18(25)16(17)13-31-21-11-4-1-6-15(21)12-26-29-22(30)14-32-23-27-19-9-2-3-10-20(19)28-23/h1-12H,13-14H2,(H,27,28)(H,29,30)/b26-12+. The lowest BCUT2D eigenvalue weighted by Gasteiger charge is -2.10. The highest BCUT2D eigenvalue weighted by Gasteiger charge is 2.10. The Morgan fingerprint density at radius 2 is 1.97 bits per heavy atom. The van der Waals surface area contributed by atoms with E-state index in [0.717, 1.165) is 11.0 Å². The van der Waals surface area contributed by atoms with Gasteiger partial charge in [0.1, 0.15) is 18.2 Å². The van der Waals surface area contributed by atoms with E-state index in [9.17, 15) is 9.18 Å². The topological polar surface area (TPSA) is 79.4 Å². The van der Waals surface area contributed by atoms with Gasteiger partial charge in [0.2, 0.25) is 0 Å². The van der Waals surface area contributed by atoms with Crippen molar-refractivity contribution in [2.45, 2.75) is 11.8 Å². The molecule has 162 valence electrons. The van der Waals surface area contributed by atoms with Crippen molar-refractivity contribution in [3.05, 3.63) is 88.7 Å². The van der Waals surface area contributed by atoms with Gasteiger partial charge in [-0.25, -0.2) is 14.8 Å². The van der Waals surface area contributed by atoms with Crippen LogP contribution in [0.25, 0.3) is 11.0 Å². The summed E-state index contributed by atoms with van der Waals surface area (Å²) in [5.41, 5.74) is 5.16. The Morgan fingerprint density at radius 3 is 2.81 bits per heavy atom. The molecule has 6 nitrogen and oxygen atoms in total. The SMILES string of the molecule is O=C(CSc1nc2ccccc2[nH]1)N/N=C/c1ccccc1OCc1c(F)cccc1Cl. The fourth-order valence-corrected chi connectivity index (χ4v) is 3.77. The Bertz CT molecular complexity index is 1220. The molecule has 0 fully saturated rings. The van der Waals surface area contributed by atoms with E-state index in [0.29, 0.717) is 21.5 Å². The third-order valence-electron chi connectivity index (χ3n) is 4.45. The number of halogens is 2. The zero-order valence-corrected chi connectivity index (χ0v) is 18.3. The van der Waals surface area contributed by atoms with E-state index in [1.807, 2.05) is 30.3 Å². The first-order valence-electron chi connectivity index (χ1n) is 9.64. The molecule has 32 heavy (non-hydrogen) atoms. The molecule has 1 aromatic heterocycles. The minimum atomic E-state index is -0.433. The molecule has 0 unspecified atom stereocenters. The number of H-pyrrole nitrogens is 1. The maximum atomic E-state index is 14.0. The zero-order valence-electron chi connectivity index (χ0n) is 16.7. The van der Waals surface area contributed by atoms with Crippen molar-refractivity contribution >= 4 is 46.5 Å². The second kappa shape index (κ2) is 10.3. The molecule has 4 rings (SSSR count). The highest BCUT2D eigenvalue weighted by molar-refractivity contribution is 7.99. The van der Waals surface area contributed by atoms with Crippen molar-refractivity contribution in [3.63, 3.8) is 0 Å². The Morgan fingerprint density at radius 1 is 1.16 bits per heavy atom. The lowest BCUT2D eigenvalue weighted by Crippen LogP contribution is -2.19. The number of hydrazone groups is 1. The van der Waals surface area contributed by atoms with Crippen molar-refractivity contribution in [3.8, 4) is 5.75 Å². The van der Waals surface area contributed by atoms with E-state index in [-0.39, 0.29) is 23.8 Å². The van der Waals surface area contributed by atoms with Crippen LogP contribution in [0.3, 0.4) is 0 Å². The Balaban J connectivity index is 1.32. The van der Waals surface area contributed by atoms with Crippen LogP contribution in [0.1, 0.15) is 11.1 Å². The zero-order chi connectivity index (χ0) is 22.3. The van der Waals surface area contributed by atoms with Gasteiger partial charge in [0.25, 0.3) is 5.91 Å². The first-order valence-corrected chi connectivity index (χ1v) is 11.0. The van der Waals surface area contributed by atoms with Crippen LogP contribution in [0.2, 0.25) is 5.02 Å². The van der Waals surface area contributed by atoms with Crippen molar-refractivity contribution in [2.24, 2.45) is 5.10 Å². The van der Waals surface area contributed by atoms with Crippen LogP contribution in [0.15, 0.2) is 77.0 Å². The lowest BCUT2D eigenvalue weighted by atomic mass is 10.2. The quantitative estimate of drug-likeness (QED) is 0.212. The number of para-hydroxylation sites is 3. The molecule has 9 heteroatoms. The van der Waals surface area contributed by atoms with Gasteiger partial charge in [-0.15, -0.1) is 0 Å². The number of nitrogens with one attached hydrogen (secondary N) is 2. The first kappa shape index (κ1) is 21.9. The van der Waals surface area contributed by atoms with E-state index in [4.69, 9.17) is 16.3 Å². The number of fused-ring (bicyclic) bond motifs is 1. The number of benzene rings is 3. The summed E-state index contributed by atoms with van der Waals surface area (Å²) in [4.78, 5) is 19.7. The molecule has 0 saturated heterocycles. The number of rotatable bonds is 8. The molecule has 0 aliphatic rings. The van der Waals surface area contributed by atoms with Crippen LogP contribution in [0.4, 0.5) is 4.39 Å². The third-order valence-corrected chi connectivity index (χ3v) is 5.68. The predicted octanol–water partition coefficient (Wildman–Crippen LogP) is 5.18. The summed E-state index contributed by atoms with van der Waals surface area (Å²) in [6.07, 6.45) is 1.47. The maximum absolute atomic E-state index is 14.0. The number of amides is 1. The molecular formula is C23H18ClFN4O2S. The number of carbonyl (C=O) groups is 1. The fraction of sp³-hybridized carbons (Fsp3) is 0.0870. The highest BCUT2D eigenvalue weighted by Crippen LogP contribution is 2.23. The molecule has 3 aromatic carbocycles. The van der Waals surface area contributed by atoms with E-state index in [1.54, 1.807) is 24.3 Å². The minimum Gasteiger partial charge on any atom is -0.488 e. The van der Waals surface area contributed by atoms with Crippen LogP contribution >= 0.6 is 23.4 Å². The molecule has 0 aliphatic heterocycles. The molecule has 1 amide bonds. The van der Waals surface area contributed by atoms with Crippen molar-refractivity contribution < 1.29 is 13.9 Å². The van der Waals surface area contributed by atoms with Crippen molar-refractivity contribution in [2.75, 3.05) is 5.75 Å². The summed E-state index contributed by atoms with van der Waals surface area (Å²) in [6, 6.07) is 19.2. The van der Waals surface area contributed by atoms with E-state index >= 15 is 0 Å². The van der Waals surface area contributed by atoms with Gasteiger partial charge in [-0.1, -0.05) is 53.7 Å². The summed E-state index contributed by atoms with van der Waals surface area (Å²) in [6.45, 7) is -0.0309. The number of carbonyl (C=O) groups excluding carboxylic acids is 1. The number of nitrogens with zero attached hydrogens (tertiary/aromatic N) is 2. The van der Waals surface area contributed by atoms with Crippen LogP contribution < -0.4 is 10.2 Å². The summed E-state index contributed by atoms with van der Waals surface area (Å²) in [5.74, 6) is -0.0660. The highest BCUT2D eigenvalue weighted by atomic mass is 35.5. The van der Waals surface area contributed by atoms with Crippen molar-refractivity contribution in [1.82, 2.24) is 15.4 Å². The lowest BCUT2D eigenvalue weighted by molar-refractivity contribution is -0.118. The second-order valence-electron chi connectivity index (χ2n) is 6.67. The molecule has 0 saturated carbocycles. The number of aromatic amines is 1. The largest absolute Gasteiger partial charge is 0.488 e. The number of aromatic nitrogens is 2. The minimum absolute atomic E-state index is 0.0309. The average Bonchev–Trinajstić information content (AvgIpc) is 3.21. The number of hydrogen-bond acceptors (Lipinski definition) is 5. The Kier molecular flexibility index (Phi) is 7.03. The van der Waals surface area contributed by atoms with Gasteiger partial charge in [0, 0.05) is 11.1 Å². The van der Waals surface area contributed by atoms with E-state index in [2.05, 4.69) is 20.5 Å². The average molecular weight is 469 g/mol. The molecule has 4 aromatic rings. The second-order valence-corrected chi connectivity index (χ2v) is 8.04. The third kappa shape index (κ3) is 5.46. The van der Waals surface area contributed by atoms with Gasteiger partial charge in [0.15, 0.2) is 5.16 Å². The smallest absolute Gasteiger partial charge is 0.250 e. The summed E-state index contributed by atoms with van der Waals surface area (Å²) in [5, 5.41) is 4.96. The van der Waals surface area contributed by atoms with Gasteiger partial charge in [-0.3, -0.25) is 4.79 Å². The van der Waals surface area contributed by atoms with Crippen LogP contribution in [-0.4, -0.2) is 27.8 Å². The molecule has 0 aliphatic carbocycles. The number of ether oxygens (including phenoxy) is 1. The van der Waals surface area contributed by atoms with Gasteiger partial charge >= 0.3 is 0 Å². The van der Waals surface area contributed by atoms with Gasteiger partial charge in [-0.05, 0) is 36.4 Å².